The summed E-state index contributed by atoms with van der Waals surface area (Å²) >= 11 is 4.06. The summed E-state index contributed by atoms with van der Waals surface area (Å²) < 4.78 is 0. The summed E-state index contributed by atoms with van der Waals surface area (Å²) in [5, 5.41) is 9.13. The van der Waals surface area contributed by atoms with Crippen LogP contribution in [0.4, 0.5) is 0 Å². The molecule has 1 unspecified atom stereocenters. The predicted molar refractivity (Wildman–Crippen MR) is 60.0 cm³/mol. The minimum atomic E-state index is -1.02. The summed E-state index contributed by atoms with van der Waals surface area (Å²) in [7, 11) is 0. The fourth-order valence-electron chi connectivity index (χ4n) is 1.88. The summed E-state index contributed by atoms with van der Waals surface area (Å²) in [5.41, 5.74) is -1.02. The molecular weight excluding hydrogens is 214 g/mol. The van der Waals surface area contributed by atoms with E-state index < -0.39 is 11.5 Å². The van der Waals surface area contributed by atoms with Gasteiger partial charge in [0.05, 0.1) is 0 Å². The van der Waals surface area contributed by atoms with Crippen LogP contribution in [-0.4, -0.2) is 39.7 Å². The standard InChI is InChI=1S/C10H17NO3S/c1-7(6-15)8(12)11-5-3-4-10(11,2)9(13)14/h7,15H,3-6H2,1-2H3,(H,13,14)/t7?,10-/m0/s1. The zero-order chi connectivity index (χ0) is 11.6. The molecule has 15 heavy (non-hydrogen) atoms. The van der Waals surface area contributed by atoms with E-state index in [2.05, 4.69) is 12.6 Å². The number of carbonyl (C=O) groups is 2. The molecule has 0 bridgehead atoms. The van der Waals surface area contributed by atoms with Gasteiger partial charge in [-0.25, -0.2) is 4.79 Å². The second kappa shape index (κ2) is 4.43. The number of hydrogen-bond donors (Lipinski definition) is 2. The third-order valence-electron chi connectivity index (χ3n) is 3.06. The fraction of sp³-hybridized carbons (Fsp3) is 0.800. The van der Waals surface area contributed by atoms with Gasteiger partial charge in [-0.05, 0) is 19.8 Å². The number of thiol groups is 1. The maximum atomic E-state index is 11.9. The lowest BCUT2D eigenvalue weighted by atomic mass is 9.98. The van der Waals surface area contributed by atoms with Gasteiger partial charge in [-0.3, -0.25) is 4.79 Å². The van der Waals surface area contributed by atoms with Crippen LogP contribution < -0.4 is 0 Å². The Morgan fingerprint density at radius 1 is 1.60 bits per heavy atom. The number of likely N-dealkylation sites (tertiary alicyclic amines) is 1. The van der Waals surface area contributed by atoms with Gasteiger partial charge in [0.25, 0.3) is 0 Å². The second-order valence-corrected chi connectivity index (χ2v) is 4.62. The van der Waals surface area contributed by atoms with E-state index in [9.17, 15) is 9.59 Å². The van der Waals surface area contributed by atoms with Crippen molar-refractivity contribution in [3.8, 4) is 0 Å². The molecule has 0 saturated carbocycles. The van der Waals surface area contributed by atoms with Crippen molar-refractivity contribution in [1.82, 2.24) is 4.90 Å². The minimum Gasteiger partial charge on any atom is -0.480 e. The third kappa shape index (κ3) is 2.12. The molecule has 1 N–H and O–H groups in total. The lowest BCUT2D eigenvalue weighted by Crippen LogP contribution is -2.52. The van der Waals surface area contributed by atoms with Crippen LogP contribution in [0.3, 0.4) is 0 Å². The van der Waals surface area contributed by atoms with Crippen LogP contribution in [0.5, 0.6) is 0 Å². The van der Waals surface area contributed by atoms with Crippen molar-refractivity contribution in [3.05, 3.63) is 0 Å². The first-order valence-electron chi connectivity index (χ1n) is 5.09. The number of amides is 1. The minimum absolute atomic E-state index is 0.104. The van der Waals surface area contributed by atoms with E-state index in [4.69, 9.17) is 5.11 Å². The summed E-state index contributed by atoms with van der Waals surface area (Å²) in [6.45, 7) is 3.93. The van der Waals surface area contributed by atoms with E-state index in [1.54, 1.807) is 13.8 Å². The summed E-state index contributed by atoms with van der Waals surface area (Å²) in [6, 6.07) is 0. The number of rotatable bonds is 3. The van der Waals surface area contributed by atoms with E-state index in [0.29, 0.717) is 18.7 Å². The molecule has 1 amide bonds. The van der Waals surface area contributed by atoms with Crippen molar-refractivity contribution in [2.75, 3.05) is 12.3 Å². The predicted octanol–water partition coefficient (Wildman–Crippen LogP) is 1.02. The van der Waals surface area contributed by atoms with Crippen LogP contribution in [-0.2, 0) is 9.59 Å². The van der Waals surface area contributed by atoms with Crippen molar-refractivity contribution in [3.63, 3.8) is 0 Å². The monoisotopic (exact) mass is 231 g/mol. The Labute approximate surface area is 95.1 Å². The highest BCUT2D eigenvalue weighted by Gasteiger charge is 2.46. The first-order valence-corrected chi connectivity index (χ1v) is 5.72. The van der Waals surface area contributed by atoms with Gasteiger partial charge in [-0.2, -0.15) is 12.6 Å². The van der Waals surface area contributed by atoms with E-state index in [0.717, 1.165) is 6.42 Å². The molecule has 0 aliphatic carbocycles. The molecule has 1 rings (SSSR count). The second-order valence-electron chi connectivity index (χ2n) is 4.26. The first kappa shape index (κ1) is 12.4. The molecular formula is C10H17NO3S. The Morgan fingerprint density at radius 2 is 2.20 bits per heavy atom. The van der Waals surface area contributed by atoms with Crippen molar-refractivity contribution >= 4 is 24.5 Å². The number of carboxylic acids is 1. The van der Waals surface area contributed by atoms with Gasteiger partial charge in [0.2, 0.25) is 5.91 Å². The van der Waals surface area contributed by atoms with Gasteiger partial charge in [-0.15, -0.1) is 0 Å². The van der Waals surface area contributed by atoms with Gasteiger partial charge < -0.3 is 10.0 Å². The number of carboxylic acid groups (broad SMARTS) is 1. The number of nitrogens with zero attached hydrogens (tertiary/aromatic N) is 1. The number of aliphatic carboxylic acids is 1. The first-order chi connectivity index (χ1) is 6.93. The molecule has 4 nitrogen and oxygen atoms in total. The van der Waals surface area contributed by atoms with E-state index in [-0.39, 0.29) is 11.8 Å². The number of hydrogen-bond acceptors (Lipinski definition) is 3. The summed E-state index contributed by atoms with van der Waals surface area (Å²) in [4.78, 5) is 24.5. The highest BCUT2D eigenvalue weighted by Crippen LogP contribution is 2.30. The molecule has 0 aromatic carbocycles. The molecule has 0 radical (unpaired) electrons. The molecule has 0 aromatic heterocycles. The Morgan fingerprint density at radius 3 is 2.67 bits per heavy atom. The molecule has 1 fully saturated rings. The maximum absolute atomic E-state index is 11.9. The van der Waals surface area contributed by atoms with Crippen LogP contribution in [0.25, 0.3) is 0 Å². The van der Waals surface area contributed by atoms with Gasteiger partial charge in [0, 0.05) is 18.2 Å². The third-order valence-corrected chi connectivity index (χ3v) is 3.61. The Balaban J connectivity index is 2.86. The zero-order valence-electron chi connectivity index (χ0n) is 9.06. The van der Waals surface area contributed by atoms with Crippen molar-refractivity contribution in [2.24, 2.45) is 5.92 Å². The van der Waals surface area contributed by atoms with Crippen LogP contribution in [0.1, 0.15) is 26.7 Å². The van der Waals surface area contributed by atoms with Crippen molar-refractivity contribution in [2.45, 2.75) is 32.2 Å². The van der Waals surface area contributed by atoms with E-state index >= 15 is 0 Å². The van der Waals surface area contributed by atoms with Crippen molar-refractivity contribution in [1.29, 1.82) is 0 Å². The molecule has 1 aliphatic heterocycles. The van der Waals surface area contributed by atoms with Gasteiger partial charge in [0.1, 0.15) is 5.54 Å². The van der Waals surface area contributed by atoms with Gasteiger partial charge in [-0.1, -0.05) is 6.92 Å². The quantitative estimate of drug-likeness (QED) is 0.713. The molecule has 0 spiro atoms. The number of carbonyl (C=O) groups excluding carboxylic acids is 1. The Bertz CT molecular complexity index is 282. The van der Waals surface area contributed by atoms with Gasteiger partial charge >= 0.3 is 5.97 Å². The van der Waals surface area contributed by atoms with Crippen LogP contribution in [0.15, 0.2) is 0 Å². The van der Waals surface area contributed by atoms with Crippen LogP contribution in [0, 0.1) is 5.92 Å². The van der Waals surface area contributed by atoms with Crippen LogP contribution >= 0.6 is 12.6 Å². The molecule has 1 aliphatic rings. The highest BCUT2D eigenvalue weighted by atomic mass is 32.1. The Kier molecular flexibility index (Phi) is 3.65. The molecule has 5 heteroatoms. The Hall–Kier alpha value is -0.710. The average molecular weight is 231 g/mol. The lowest BCUT2D eigenvalue weighted by molar-refractivity contribution is -0.156. The summed E-state index contributed by atoms with van der Waals surface area (Å²) in [5.74, 6) is -0.789. The fourth-order valence-corrected chi connectivity index (χ4v) is 2.04. The molecule has 2 atom stereocenters. The van der Waals surface area contributed by atoms with Crippen molar-refractivity contribution < 1.29 is 14.7 Å². The van der Waals surface area contributed by atoms with Crippen LogP contribution in [0.2, 0.25) is 0 Å². The maximum Gasteiger partial charge on any atom is 0.329 e. The topological polar surface area (TPSA) is 57.6 Å². The highest BCUT2D eigenvalue weighted by molar-refractivity contribution is 7.80. The molecule has 86 valence electrons. The largest absolute Gasteiger partial charge is 0.480 e. The smallest absolute Gasteiger partial charge is 0.329 e. The SMILES string of the molecule is CC(CS)C(=O)N1CCC[C@@]1(C)C(=O)O. The van der Waals surface area contributed by atoms with E-state index in [1.165, 1.54) is 4.90 Å². The molecule has 1 heterocycles. The lowest BCUT2D eigenvalue weighted by Gasteiger charge is -2.32. The summed E-state index contributed by atoms with van der Waals surface area (Å²) in [6.07, 6.45) is 1.29. The zero-order valence-corrected chi connectivity index (χ0v) is 9.96. The van der Waals surface area contributed by atoms with Gasteiger partial charge in [0.15, 0.2) is 0 Å². The molecule has 1 saturated heterocycles. The normalized spacial score (nSPS) is 27.8. The molecule has 0 aromatic rings. The average Bonchev–Trinajstić information content (AvgIpc) is 2.59. The van der Waals surface area contributed by atoms with E-state index in [1.807, 2.05) is 0 Å².